The van der Waals surface area contributed by atoms with Crippen molar-refractivity contribution >= 4 is 44.8 Å². The van der Waals surface area contributed by atoms with E-state index in [0.29, 0.717) is 27.5 Å². The van der Waals surface area contributed by atoms with Crippen LogP contribution in [0.25, 0.3) is 0 Å². The fourth-order valence-electron chi connectivity index (χ4n) is 1.46. The molecule has 19 heavy (non-hydrogen) atoms. The molecule has 0 aliphatic heterocycles. The summed E-state index contributed by atoms with van der Waals surface area (Å²) in [5.74, 6) is -0.388. The average molecular weight is 345 g/mol. The highest BCUT2D eigenvalue weighted by molar-refractivity contribution is 9.10. The Bertz CT molecular complexity index is 628. The third-order valence-corrected chi connectivity index (χ3v) is 3.52. The molecule has 6 nitrogen and oxygen atoms in total. The first-order valence-electron chi connectivity index (χ1n) is 5.46. The summed E-state index contributed by atoms with van der Waals surface area (Å²) < 4.78 is 2.19. The third-order valence-electron chi connectivity index (χ3n) is 2.38. The molecule has 100 valence electrons. The molecule has 8 heteroatoms. The average Bonchev–Trinajstić information content (AvgIpc) is 2.75. The minimum absolute atomic E-state index is 0.188. The monoisotopic (exact) mass is 343 g/mol. The molecule has 2 rings (SSSR count). The number of hydrogen-bond donors (Lipinski definition) is 2. The fourth-order valence-corrected chi connectivity index (χ4v) is 1.91. The summed E-state index contributed by atoms with van der Waals surface area (Å²) in [6.45, 7) is 2.56. The molecule has 0 saturated carbocycles. The number of pyridine rings is 1. The molecular formula is C11H11BrClN5O. The second kappa shape index (κ2) is 5.58. The van der Waals surface area contributed by atoms with Gasteiger partial charge < -0.3 is 11.1 Å². The summed E-state index contributed by atoms with van der Waals surface area (Å²) in [4.78, 5) is 15.9. The summed E-state index contributed by atoms with van der Waals surface area (Å²) >= 11 is 9.01. The number of nitrogen functional groups attached to an aromatic ring is 1. The molecule has 0 saturated heterocycles. The van der Waals surface area contributed by atoms with Gasteiger partial charge in [-0.25, -0.2) is 4.98 Å². The summed E-state index contributed by atoms with van der Waals surface area (Å²) in [5.41, 5.74) is 6.76. The van der Waals surface area contributed by atoms with Gasteiger partial charge in [-0.2, -0.15) is 5.10 Å². The molecule has 2 aromatic rings. The number of anilines is 2. The van der Waals surface area contributed by atoms with Gasteiger partial charge in [0.05, 0.1) is 22.0 Å². The molecule has 0 aliphatic rings. The van der Waals surface area contributed by atoms with Crippen LogP contribution in [0.1, 0.15) is 17.4 Å². The van der Waals surface area contributed by atoms with Crippen LogP contribution in [0.2, 0.25) is 5.15 Å². The summed E-state index contributed by atoms with van der Waals surface area (Å²) in [7, 11) is 0. The van der Waals surface area contributed by atoms with Crippen molar-refractivity contribution in [1.82, 2.24) is 14.8 Å². The first-order valence-corrected chi connectivity index (χ1v) is 6.63. The lowest BCUT2D eigenvalue weighted by atomic mass is 10.3. The van der Waals surface area contributed by atoms with Gasteiger partial charge in [0.15, 0.2) is 5.69 Å². The van der Waals surface area contributed by atoms with E-state index in [4.69, 9.17) is 17.3 Å². The van der Waals surface area contributed by atoms with Crippen LogP contribution >= 0.6 is 27.5 Å². The second-order valence-electron chi connectivity index (χ2n) is 3.74. The smallest absolute Gasteiger partial charge is 0.278 e. The Morgan fingerprint density at radius 2 is 2.37 bits per heavy atom. The highest BCUT2D eigenvalue weighted by Crippen LogP contribution is 2.23. The number of carbonyl (C=O) groups is 1. The lowest BCUT2D eigenvalue weighted by molar-refractivity contribution is 0.102. The molecule has 3 N–H and O–H groups in total. The van der Waals surface area contributed by atoms with E-state index in [9.17, 15) is 4.79 Å². The van der Waals surface area contributed by atoms with Gasteiger partial charge in [0.25, 0.3) is 5.91 Å². The van der Waals surface area contributed by atoms with Crippen LogP contribution in [0.5, 0.6) is 0 Å². The molecule has 0 fully saturated rings. The first-order chi connectivity index (χ1) is 9.01. The maximum atomic E-state index is 12.0. The highest BCUT2D eigenvalue weighted by Gasteiger charge is 2.15. The van der Waals surface area contributed by atoms with Crippen molar-refractivity contribution in [3.8, 4) is 0 Å². The molecule has 0 aromatic carbocycles. The molecule has 0 spiro atoms. The number of amides is 1. The normalized spacial score (nSPS) is 10.5. The number of rotatable bonds is 3. The Hall–Kier alpha value is -1.60. The van der Waals surface area contributed by atoms with Crippen LogP contribution in [-0.4, -0.2) is 20.7 Å². The van der Waals surface area contributed by atoms with Crippen LogP contribution in [0.3, 0.4) is 0 Å². The van der Waals surface area contributed by atoms with E-state index in [0.717, 1.165) is 0 Å². The number of nitrogens with zero attached hydrogens (tertiary/aromatic N) is 3. The molecule has 0 aliphatic carbocycles. The van der Waals surface area contributed by atoms with Crippen LogP contribution < -0.4 is 11.1 Å². The van der Waals surface area contributed by atoms with E-state index >= 15 is 0 Å². The zero-order valence-corrected chi connectivity index (χ0v) is 12.4. The molecule has 1 amide bonds. The number of nitrogens with one attached hydrogen (secondary N) is 1. The maximum absolute atomic E-state index is 12.0. The fraction of sp³-hybridized carbons (Fsp3) is 0.182. The number of halogens is 2. The van der Waals surface area contributed by atoms with Crippen molar-refractivity contribution in [3.05, 3.63) is 33.8 Å². The van der Waals surface area contributed by atoms with Crippen molar-refractivity contribution < 1.29 is 4.79 Å². The maximum Gasteiger partial charge on any atom is 0.278 e. The predicted molar refractivity (Wildman–Crippen MR) is 77.2 cm³/mol. The summed E-state index contributed by atoms with van der Waals surface area (Å²) in [6, 6.07) is 1.65. The third kappa shape index (κ3) is 3.05. The van der Waals surface area contributed by atoms with Gasteiger partial charge in [0, 0.05) is 12.7 Å². The Morgan fingerprint density at radius 3 is 2.95 bits per heavy atom. The summed E-state index contributed by atoms with van der Waals surface area (Å²) in [5, 5.41) is 7.07. The highest BCUT2D eigenvalue weighted by atomic mass is 79.9. The first kappa shape index (κ1) is 13.8. The Balaban J connectivity index is 2.20. The van der Waals surface area contributed by atoms with E-state index in [1.165, 1.54) is 6.20 Å². The van der Waals surface area contributed by atoms with Crippen LogP contribution in [-0.2, 0) is 6.54 Å². The van der Waals surface area contributed by atoms with Crippen molar-refractivity contribution in [3.63, 3.8) is 0 Å². The van der Waals surface area contributed by atoms with Crippen LogP contribution in [0.15, 0.2) is 22.9 Å². The van der Waals surface area contributed by atoms with Gasteiger partial charge >= 0.3 is 0 Å². The van der Waals surface area contributed by atoms with E-state index in [1.54, 1.807) is 16.9 Å². The largest absolute Gasteiger partial charge is 0.396 e. The molecule has 2 heterocycles. The molecular weight excluding hydrogens is 334 g/mol. The Labute approximate surface area is 123 Å². The lowest BCUT2D eigenvalue weighted by Crippen LogP contribution is -2.15. The minimum Gasteiger partial charge on any atom is -0.396 e. The van der Waals surface area contributed by atoms with Crippen molar-refractivity contribution in [1.29, 1.82) is 0 Å². The molecule has 0 atom stereocenters. The topological polar surface area (TPSA) is 85.8 Å². The molecule has 0 unspecified atom stereocenters. The van der Waals surface area contributed by atoms with Crippen LogP contribution in [0.4, 0.5) is 11.4 Å². The zero-order valence-electron chi connectivity index (χ0n) is 10.0. The quantitative estimate of drug-likeness (QED) is 0.838. The molecule has 2 aromatic heterocycles. The Kier molecular flexibility index (Phi) is 4.06. The zero-order chi connectivity index (χ0) is 14.0. The van der Waals surface area contributed by atoms with Crippen molar-refractivity contribution in [2.75, 3.05) is 11.1 Å². The standard InChI is InChI=1S/C11H11BrClN5O/c1-2-18-5-8(14)9(17-18)11(19)16-6-3-7(12)10(13)15-4-6/h3-5H,2,14H2,1H3,(H,16,19). The van der Waals surface area contributed by atoms with Crippen molar-refractivity contribution in [2.45, 2.75) is 13.5 Å². The Morgan fingerprint density at radius 1 is 1.63 bits per heavy atom. The van der Waals surface area contributed by atoms with E-state index in [2.05, 4.69) is 31.3 Å². The number of hydrogen-bond acceptors (Lipinski definition) is 4. The van der Waals surface area contributed by atoms with Gasteiger partial charge in [0.2, 0.25) is 0 Å². The summed E-state index contributed by atoms with van der Waals surface area (Å²) in [6.07, 6.45) is 3.07. The van der Waals surface area contributed by atoms with Gasteiger partial charge in [-0.15, -0.1) is 0 Å². The van der Waals surface area contributed by atoms with Gasteiger partial charge in [0.1, 0.15) is 5.15 Å². The van der Waals surface area contributed by atoms with Crippen LogP contribution in [0, 0.1) is 0 Å². The number of aryl methyl sites for hydroxylation is 1. The van der Waals surface area contributed by atoms with Gasteiger partial charge in [-0.3, -0.25) is 9.48 Å². The SMILES string of the molecule is CCn1cc(N)c(C(=O)Nc2cnc(Cl)c(Br)c2)n1. The van der Waals surface area contributed by atoms with E-state index < -0.39 is 0 Å². The lowest BCUT2D eigenvalue weighted by Gasteiger charge is -2.04. The van der Waals surface area contributed by atoms with E-state index in [1.807, 2.05) is 6.92 Å². The number of aromatic nitrogens is 3. The molecule has 0 radical (unpaired) electrons. The number of nitrogens with two attached hydrogens (primary N) is 1. The number of carbonyl (C=O) groups excluding carboxylic acids is 1. The predicted octanol–water partition coefficient (Wildman–Crippen LogP) is 2.55. The van der Waals surface area contributed by atoms with E-state index in [-0.39, 0.29) is 11.6 Å². The van der Waals surface area contributed by atoms with Crippen molar-refractivity contribution in [2.24, 2.45) is 0 Å². The second-order valence-corrected chi connectivity index (χ2v) is 4.95. The van der Waals surface area contributed by atoms with Gasteiger partial charge in [-0.05, 0) is 28.9 Å². The molecule has 0 bridgehead atoms. The minimum atomic E-state index is -0.388. The van der Waals surface area contributed by atoms with Gasteiger partial charge in [-0.1, -0.05) is 11.6 Å².